The van der Waals surface area contributed by atoms with Crippen LogP contribution >= 0.6 is 21.8 Å². The van der Waals surface area contributed by atoms with E-state index in [9.17, 15) is 0 Å². The first kappa shape index (κ1) is 22.7. The Bertz CT molecular complexity index is 89.1. The zero-order valence-corrected chi connectivity index (χ0v) is 10.8. The Hall–Kier alpha value is -0.0366. The fourth-order valence-electron chi connectivity index (χ4n) is 0.0393. The van der Waals surface area contributed by atoms with Crippen molar-refractivity contribution in [3.8, 4) is 0 Å². The van der Waals surface area contributed by atoms with Crippen LogP contribution in [0.5, 0.6) is 0 Å². The molecule has 0 aromatic heterocycles. The van der Waals surface area contributed by atoms with Gasteiger partial charge in [-0.15, -0.1) is 0 Å². The van der Waals surface area contributed by atoms with Crippen molar-refractivity contribution in [2.75, 3.05) is 0 Å². The van der Waals surface area contributed by atoms with Gasteiger partial charge in [-0.2, -0.15) is 0 Å². The Morgan fingerprint density at radius 2 is 1.50 bits per heavy atom. The average molecular weight is 263 g/mol. The molecule has 0 rings (SSSR count). The summed E-state index contributed by atoms with van der Waals surface area (Å²) in [6, 6.07) is 0. The molecule has 5 nitrogen and oxygen atoms in total. The van der Waals surface area contributed by atoms with Crippen LogP contribution in [-0.4, -0.2) is 12.9 Å². The normalized spacial score (nSPS) is 5.08. The van der Waals surface area contributed by atoms with Crippen LogP contribution in [-0.2, 0) is 29.1 Å². The maximum Gasteiger partial charge on any atom is 2.00 e. The zero-order valence-electron chi connectivity index (χ0n) is 6.17. The summed E-state index contributed by atoms with van der Waals surface area (Å²) in [7, 11) is 2.62. The molecule has 8 heteroatoms. The van der Waals surface area contributed by atoms with E-state index in [-0.39, 0.29) is 19.5 Å². The van der Waals surface area contributed by atoms with Gasteiger partial charge in [0.2, 0.25) is 0 Å². The summed E-state index contributed by atoms with van der Waals surface area (Å²) in [5, 5.41) is 23.1. The molecule has 2 N–H and O–H groups in total. The first-order valence-corrected chi connectivity index (χ1v) is 4.27. The van der Waals surface area contributed by atoms with Gasteiger partial charge in [-0.1, -0.05) is 17.4 Å². The molecular formula is C4H7NO4S2Zn. The Morgan fingerprint density at radius 1 is 1.25 bits per heavy atom. The van der Waals surface area contributed by atoms with Crippen molar-refractivity contribution in [1.29, 1.82) is 0 Å². The van der Waals surface area contributed by atoms with E-state index in [1.807, 2.05) is 0 Å². The van der Waals surface area contributed by atoms with E-state index in [0.29, 0.717) is 0 Å². The van der Waals surface area contributed by atoms with E-state index < -0.39 is 12.9 Å². The second kappa shape index (κ2) is 44.2. The summed E-state index contributed by atoms with van der Waals surface area (Å²) in [5.41, 5.74) is 0. The van der Waals surface area contributed by atoms with Crippen LogP contribution in [0.25, 0.3) is 0 Å². The van der Waals surface area contributed by atoms with Gasteiger partial charge in [0.1, 0.15) is 0 Å². The minimum absolute atomic E-state index is 0. The minimum atomic E-state index is -0.500. The number of carbonyl (C=O) groups excluding carboxylic acids is 2. The van der Waals surface area contributed by atoms with E-state index in [1.54, 1.807) is 5.41 Å². The third-order valence-corrected chi connectivity index (χ3v) is 1.11. The van der Waals surface area contributed by atoms with Gasteiger partial charge in [0.25, 0.3) is 0 Å². The molecule has 0 aromatic carbocycles. The van der Waals surface area contributed by atoms with Crippen molar-refractivity contribution >= 4 is 34.7 Å². The maximum absolute atomic E-state index is 8.25. The summed E-state index contributed by atoms with van der Waals surface area (Å²) < 4.78 is 0. The van der Waals surface area contributed by atoms with Crippen molar-refractivity contribution in [3.05, 3.63) is 12.0 Å². The van der Waals surface area contributed by atoms with Crippen LogP contribution < -0.4 is 15.4 Å². The SMILES string of the molecule is C=CSSN.O=C[O-].O=C[O-].[Zn+2]. The Balaban J connectivity index is -0.0000000406. The number of carbonyl (C=O) groups is 2. The second-order valence-corrected chi connectivity index (χ2v) is 2.42. The molecule has 0 fully saturated rings. The quantitative estimate of drug-likeness (QED) is 0.268. The van der Waals surface area contributed by atoms with Gasteiger partial charge in [-0.25, -0.2) is 0 Å². The molecule has 0 saturated heterocycles. The first-order chi connectivity index (χ1) is 5.24. The van der Waals surface area contributed by atoms with Crippen LogP contribution in [0.2, 0.25) is 0 Å². The molecule has 0 heterocycles. The standard InChI is InChI=1S/C2H5NS2.2CH2O2.Zn/c1-2-4-5-3;2*2-1-3;/h2H,1,3H2;2*1H,(H,2,3);/q;;;+2/p-2. The second-order valence-electron chi connectivity index (χ2n) is 0.552. The topological polar surface area (TPSA) is 106 Å². The molecule has 0 aliphatic heterocycles. The fourth-order valence-corrected chi connectivity index (χ4v) is 0.354. The van der Waals surface area contributed by atoms with E-state index in [0.717, 1.165) is 0 Å². The molecule has 0 aromatic rings. The summed E-state index contributed by atoms with van der Waals surface area (Å²) in [6.07, 6.45) is 0. The van der Waals surface area contributed by atoms with Gasteiger partial charge in [0.15, 0.2) is 0 Å². The fraction of sp³-hybridized carbons (Fsp3) is 0. The Morgan fingerprint density at radius 3 is 1.50 bits per heavy atom. The predicted octanol–water partition coefficient (Wildman–Crippen LogP) is -1.89. The minimum Gasteiger partial charge on any atom is -0.554 e. The Kier molecular flexibility index (Phi) is 83.5. The van der Waals surface area contributed by atoms with Crippen molar-refractivity contribution in [1.82, 2.24) is 0 Å². The van der Waals surface area contributed by atoms with Crippen LogP contribution in [0, 0.1) is 0 Å². The van der Waals surface area contributed by atoms with Crippen LogP contribution in [0.3, 0.4) is 0 Å². The largest absolute Gasteiger partial charge is 2.00 e. The molecule has 0 aliphatic rings. The monoisotopic (exact) mass is 261 g/mol. The number of carboxylic acid groups (broad SMARTS) is 2. The third kappa shape index (κ3) is 208. The molecule has 66 valence electrons. The summed E-state index contributed by atoms with van der Waals surface area (Å²) in [4.78, 5) is 16.5. The average Bonchev–Trinajstić information content (AvgIpc) is 1.92. The van der Waals surface area contributed by atoms with Gasteiger partial charge < -0.3 is 19.8 Å². The van der Waals surface area contributed by atoms with Gasteiger partial charge >= 0.3 is 19.5 Å². The third-order valence-electron chi connectivity index (χ3n) is 0.124. The van der Waals surface area contributed by atoms with E-state index in [4.69, 9.17) is 24.9 Å². The van der Waals surface area contributed by atoms with Gasteiger partial charge in [-0.3, -0.25) is 5.14 Å². The molecule has 0 amide bonds. The smallest absolute Gasteiger partial charge is 0.554 e. The van der Waals surface area contributed by atoms with Crippen LogP contribution in [0.1, 0.15) is 0 Å². The molecule has 0 aliphatic carbocycles. The molecule has 0 spiro atoms. The Labute approximate surface area is 91.1 Å². The molecule has 0 bridgehead atoms. The molecular weight excluding hydrogens is 256 g/mol. The first-order valence-electron chi connectivity index (χ1n) is 1.99. The molecule has 12 heavy (non-hydrogen) atoms. The van der Waals surface area contributed by atoms with E-state index in [2.05, 4.69) is 6.58 Å². The maximum atomic E-state index is 8.25. The summed E-state index contributed by atoms with van der Waals surface area (Å²) >= 11 is 0. The van der Waals surface area contributed by atoms with Crippen molar-refractivity contribution in [2.24, 2.45) is 5.14 Å². The summed E-state index contributed by atoms with van der Waals surface area (Å²) in [5.74, 6) is 0. The number of nitrogens with two attached hydrogens (primary N) is 1. The van der Waals surface area contributed by atoms with Gasteiger partial charge in [0, 0.05) is 12.9 Å². The van der Waals surface area contributed by atoms with Crippen molar-refractivity contribution in [3.63, 3.8) is 0 Å². The van der Waals surface area contributed by atoms with Crippen molar-refractivity contribution < 1.29 is 39.3 Å². The van der Waals surface area contributed by atoms with Crippen LogP contribution in [0.15, 0.2) is 12.0 Å². The molecule has 0 atom stereocenters. The molecule has 0 unspecified atom stereocenters. The molecule has 0 saturated carbocycles. The van der Waals surface area contributed by atoms with Gasteiger partial charge in [-0.05, 0) is 16.4 Å². The van der Waals surface area contributed by atoms with E-state index >= 15 is 0 Å². The van der Waals surface area contributed by atoms with E-state index in [1.165, 1.54) is 21.8 Å². The van der Waals surface area contributed by atoms with Gasteiger partial charge in [0.05, 0.1) is 0 Å². The number of hydrogen-bond donors (Lipinski definition) is 1. The number of hydrogen-bond acceptors (Lipinski definition) is 7. The predicted molar refractivity (Wildman–Crippen MR) is 41.7 cm³/mol. The number of rotatable bonds is 2. The van der Waals surface area contributed by atoms with Crippen molar-refractivity contribution in [2.45, 2.75) is 0 Å². The zero-order chi connectivity index (χ0) is 9.54. The summed E-state index contributed by atoms with van der Waals surface area (Å²) in [6.45, 7) is 2.41. The molecule has 0 radical (unpaired) electrons. The van der Waals surface area contributed by atoms with Crippen LogP contribution in [0.4, 0.5) is 0 Å².